The molecule has 0 saturated heterocycles. The molecule has 2 rings (SSSR count). The number of nitrogens with two attached hydrogens (primary N) is 1. The van der Waals surface area contributed by atoms with E-state index in [4.69, 9.17) is 5.84 Å². The number of hydrogen-bond donors (Lipinski definition) is 3. The fraction of sp³-hybridized carbons (Fsp3) is 0.167. The minimum Gasteiger partial charge on any atom is -0.340 e. The minimum atomic E-state index is -0.260. The molecule has 4 N–H and O–H groups in total. The highest BCUT2D eigenvalue weighted by molar-refractivity contribution is 5.60. The lowest BCUT2D eigenvalue weighted by molar-refractivity contribution is 0.619. The Hall–Kier alpha value is -2.21. The molecule has 0 aliphatic heterocycles. The van der Waals surface area contributed by atoms with Crippen LogP contribution in [0.4, 0.5) is 21.8 Å². The van der Waals surface area contributed by atoms with Gasteiger partial charge in [0.2, 0.25) is 5.95 Å². The Balaban J connectivity index is 2.30. The quantitative estimate of drug-likeness (QED) is 0.573. The average molecular weight is 247 g/mol. The molecule has 1 aromatic heterocycles. The summed E-state index contributed by atoms with van der Waals surface area (Å²) in [5, 5.41) is 3.03. The normalized spacial score (nSPS) is 10.2. The summed E-state index contributed by atoms with van der Waals surface area (Å²) in [6, 6.07) is 4.91. The number of hydrogen-bond acceptors (Lipinski definition) is 5. The monoisotopic (exact) mass is 247 g/mol. The molecular formula is C12H14FN5. The van der Waals surface area contributed by atoms with E-state index in [9.17, 15) is 4.39 Å². The van der Waals surface area contributed by atoms with Crippen molar-refractivity contribution in [2.24, 2.45) is 5.84 Å². The van der Waals surface area contributed by atoms with Gasteiger partial charge >= 0.3 is 0 Å². The van der Waals surface area contributed by atoms with Crippen LogP contribution in [-0.2, 0) is 0 Å². The molecule has 0 fully saturated rings. The number of halogens is 1. The summed E-state index contributed by atoms with van der Waals surface area (Å²) in [5.74, 6) is 5.87. The van der Waals surface area contributed by atoms with Gasteiger partial charge in [0.1, 0.15) is 11.6 Å². The molecule has 0 aliphatic rings. The smallest absolute Gasteiger partial charge is 0.239 e. The van der Waals surface area contributed by atoms with E-state index in [0.717, 1.165) is 5.56 Å². The number of nitrogen functional groups attached to an aromatic ring is 1. The van der Waals surface area contributed by atoms with Crippen molar-refractivity contribution in [1.29, 1.82) is 0 Å². The number of rotatable bonds is 3. The van der Waals surface area contributed by atoms with Gasteiger partial charge in [-0.25, -0.2) is 15.2 Å². The number of aryl methyl sites for hydroxylation is 2. The van der Waals surface area contributed by atoms with Crippen LogP contribution in [0.25, 0.3) is 0 Å². The van der Waals surface area contributed by atoms with Crippen LogP contribution in [-0.4, -0.2) is 9.97 Å². The van der Waals surface area contributed by atoms with Gasteiger partial charge in [-0.2, -0.15) is 4.98 Å². The standard InChI is InChI=1S/C12H14FN5/c1-7-3-4-9(5-10(7)13)16-11-8(2)6-15-12(17-11)18-14/h3-6H,14H2,1-2H3,(H2,15,16,17,18). The maximum absolute atomic E-state index is 13.4. The van der Waals surface area contributed by atoms with Crippen molar-refractivity contribution < 1.29 is 4.39 Å². The summed E-state index contributed by atoms with van der Waals surface area (Å²) in [6.45, 7) is 3.57. The first kappa shape index (κ1) is 12.3. The van der Waals surface area contributed by atoms with E-state index in [1.807, 2.05) is 6.92 Å². The second-order valence-electron chi connectivity index (χ2n) is 3.96. The number of nitrogens with one attached hydrogen (secondary N) is 2. The van der Waals surface area contributed by atoms with Crippen molar-refractivity contribution in [3.8, 4) is 0 Å². The molecule has 0 saturated carbocycles. The summed E-state index contributed by atoms with van der Waals surface area (Å²) in [4.78, 5) is 8.13. The molecule has 1 heterocycles. The predicted octanol–water partition coefficient (Wildman–Crippen LogP) is 2.26. The van der Waals surface area contributed by atoms with Crippen LogP contribution in [0.15, 0.2) is 24.4 Å². The Kier molecular flexibility index (Phi) is 3.38. The summed E-state index contributed by atoms with van der Waals surface area (Å²) >= 11 is 0. The molecule has 1 aromatic carbocycles. The Labute approximate surface area is 104 Å². The van der Waals surface area contributed by atoms with Crippen molar-refractivity contribution >= 4 is 17.5 Å². The zero-order valence-corrected chi connectivity index (χ0v) is 10.2. The number of anilines is 3. The molecular weight excluding hydrogens is 233 g/mol. The first-order valence-corrected chi connectivity index (χ1v) is 5.43. The first-order chi connectivity index (χ1) is 8.60. The fourth-order valence-electron chi connectivity index (χ4n) is 1.45. The largest absolute Gasteiger partial charge is 0.340 e. The van der Waals surface area contributed by atoms with Crippen LogP contribution in [0.2, 0.25) is 0 Å². The minimum absolute atomic E-state index is 0.260. The van der Waals surface area contributed by atoms with E-state index in [0.29, 0.717) is 23.0 Å². The molecule has 2 aromatic rings. The Bertz CT molecular complexity index is 570. The molecule has 94 valence electrons. The summed E-state index contributed by atoms with van der Waals surface area (Å²) in [7, 11) is 0. The van der Waals surface area contributed by atoms with Gasteiger partial charge in [0.25, 0.3) is 0 Å². The van der Waals surface area contributed by atoms with Gasteiger partial charge < -0.3 is 5.32 Å². The fourth-order valence-corrected chi connectivity index (χ4v) is 1.45. The third-order valence-electron chi connectivity index (χ3n) is 2.54. The molecule has 6 heteroatoms. The summed E-state index contributed by atoms with van der Waals surface area (Å²) in [5.41, 5.74) is 4.44. The van der Waals surface area contributed by atoms with Gasteiger partial charge in [-0.05, 0) is 31.5 Å². The van der Waals surface area contributed by atoms with E-state index in [-0.39, 0.29) is 5.82 Å². The summed E-state index contributed by atoms with van der Waals surface area (Å²) in [6.07, 6.45) is 1.63. The Morgan fingerprint density at radius 2 is 2.00 bits per heavy atom. The van der Waals surface area contributed by atoms with Gasteiger partial charge in [-0.3, -0.25) is 5.43 Å². The molecule has 0 radical (unpaired) electrons. The maximum atomic E-state index is 13.4. The van der Waals surface area contributed by atoms with Gasteiger partial charge in [-0.1, -0.05) is 6.07 Å². The average Bonchev–Trinajstić information content (AvgIpc) is 2.36. The number of hydrazine groups is 1. The lowest BCUT2D eigenvalue weighted by atomic mass is 10.2. The molecule has 0 atom stereocenters. The predicted molar refractivity (Wildman–Crippen MR) is 69.0 cm³/mol. The second-order valence-corrected chi connectivity index (χ2v) is 3.96. The SMILES string of the molecule is Cc1ccc(Nc2nc(NN)ncc2C)cc1F. The first-order valence-electron chi connectivity index (χ1n) is 5.43. The zero-order chi connectivity index (χ0) is 13.1. The van der Waals surface area contributed by atoms with Gasteiger partial charge in [0, 0.05) is 17.4 Å². The Morgan fingerprint density at radius 1 is 1.22 bits per heavy atom. The highest BCUT2D eigenvalue weighted by atomic mass is 19.1. The van der Waals surface area contributed by atoms with Gasteiger partial charge in [-0.15, -0.1) is 0 Å². The van der Waals surface area contributed by atoms with E-state index < -0.39 is 0 Å². The third-order valence-corrected chi connectivity index (χ3v) is 2.54. The molecule has 0 amide bonds. The van der Waals surface area contributed by atoms with Crippen molar-refractivity contribution in [2.45, 2.75) is 13.8 Å². The molecule has 0 spiro atoms. The summed E-state index contributed by atoms with van der Waals surface area (Å²) < 4.78 is 13.4. The maximum Gasteiger partial charge on any atom is 0.239 e. The van der Waals surface area contributed by atoms with Crippen molar-refractivity contribution in [3.05, 3.63) is 41.3 Å². The third kappa shape index (κ3) is 2.54. The van der Waals surface area contributed by atoms with Crippen molar-refractivity contribution in [2.75, 3.05) is 10.7 Å². The lowest BCUT2D eigenvalue weighted by Crippen LogP contribution is -2.11. The van der Waals surface area contributed by atoms with E-state index in [1.54, 1.807) is 25.3 Å². The lowest BCUT2D eigenvalue weighted by Gasteiger charge is -2.10. The molecule has 5 nitrogen and oxygen atoms in total. The Morgan fingerprint density at radius 3 is 2.67 bits per heavy atom. The highest BCUT2D eigenvalue weighted by Gasteiger charge is 2.05. The highest BCUT2D eigenvalue weighted by Crippen LogP contribution is 2.20. The molecule has 0 unspecified atom stereocenters. The molecule has 0 aliphatic carbocycles. The topological polar surface area (TPSA) is 75.9 Å². The van der Waals surface area contributed by atoms with Crippen LogP contribution in [0.1, 0.15) is 11.1 Å². The van der Waals surface area contributed by atoms with E-state index >= 15 is 0 Å². The van der Waals surface area contributed by atoms with E-state index in [1.165, 1.54) is 6.07 Å². The number of benzene rings is 1. The van der Waals surface area contributed by atoms with Crippen LogP contribution in [0, 0.1) is 19.7 Å². The zero-order valence-electron chi connectivity index (χ0n) is 10.2. The van der Waals surface area contributed by atoms with Crippen LogP contribution in [0.5, 0.6) is 0 Å². The molecule has 0 bridgehead atoms. The van der Waals surface area contributed by atoms with Crippen LogP contribution >= 0.6 is 0 Å². The van der Waals surface area contributed by atoms with Crippen molar-refractivity contribution in [1.82, 2.24) is 9.97 Å². The van der Waals surface area contributed by atoms with Crippen LogP contribution in [0.3, 0.4) is 0 Å². The molecule has 18 heavy (non-hydrogen) atoms. The number of nitrogens with zero attached hydrogens (tertiary/aromatic N) is 2. The second kappa shape index (κ2) is 4.97. The van der Waals surface area contributed by atoms with Gasteiger partial charge in [0.15, 0.2) is 0 Å². The van der Waals surface area contributed by atoms with E-state index in [2.05, 4.69) is 20.7 Å². The van der Waals surface area contributed by atoms with Gasteiger partial charge in [0.05, 0.1) is 0 Å². The van der Waals surface area contributed by atoms with Crippen LogP contribution < -0.4 is 16.6 Å². The van der Waals surface area contributed by atoms with Crippen molar-refractivity contribution in [3.63, 3.8) is 0 Å². The number of aromatic nitrogens is 2.